The van der Waals surface area contributed by atoms with Gasteiger partial charge in [-0.3, -0.25) is 0 Å². The number of hydrogen-bond acceptors (Lipinski definition) is 3. The average molecular weight is 229 g/mol. The summed E-state index contributed by atoms with van der Waals surface area (Å²) in [6.07, 6.45) is 6.12. The molecule has 0 aromatic carbocycles. The van der Waals surface area contributed by atoms with E-state index in [-0.39, 0.29) is 11.1 Å². The molecule has 2 N–H and O–H groups in total. The van der Waals surface area contributed by atoms with Gasteiger partial charge in [-0.05, 0) is 25.7 Å². The van der Waals surface area contributed by atoms with E-state index in [0.29, 0.717) is 5.92 Å². The lowest BCUT2D eigenvalue weighted by Crippen LogP contribution is -2.40. The van der Waals surface area contributed by atoms with Crippen LogP contribution < -0.4 is 4.72 Å². The fraction of sp³-hybridized carbons (Fsp3) is 0.667. The summed E-state index contributed by atoms with van der Waals surface area (Å²) >= 11 is 0. The lowest BCUT2D eigenvalue weighted by atomic mass is 9.81. The van der Waals surface area contributed by atoms with E-state index in [1.165, 1.54) is 18.9 Å². The first-order chi connectivity index (χ1) is 7.09. The van der Waals surface area contributed by atoms with Crippen molar-refractivity contribution in [1.29, 1.82) is 0 Å². The molecule has 1 aromatic heterocycles. The number of imidazole rings is 1. The van der Waals surface area contributed by atoms with E-state index in [9.17, 15) is 8.42 Å². The third-order valence-corrected chi connectivity index (χ3v) is 4.45. The highest BCUT2D eigenvalue weighted by molar-refractivity contribution is 7.89. The Kier molecular flexibility index (Phi) is 2.79. The van der Waals surface area contributed by atoms with Crippen LogP contribution in [0.2, 0.25) is 0 Å². The molecular formula is C9H15N3O2S. The standard InChI is InChI=1S/C9H15N3O2S/c1-7(8-3-2-4-8)12-15(13,14)9-5-10-6-11-9/h5-8,12H,2-4H2,1H3,(H,10,11). The van der Waals surface area contributed by atoms with Crippen molar-refractivity contribution in [2.45, 2.75) is 37.3 Å². The fourth-order valence-electron chi connectivity index (χ4n) is 1.73. The van der Waals surface area contributed by atoms with Crippen LogP contribution in [0.5, 0.6) is 0 Å². The molecule has 6 heteroatoms. The van der Waals surface area contributed by atoms with Crippen LogP contribution in [0.3, 0.4) is 0 Å². The van der Waals surface area contributed by atoms with Gasteiger partial charge in [-0.15, -0.1) is 0 Å². The lowest BCUT2D eigenvalue weighted by molar-refractivity contribution is 0.260. The zero-order valence-corrected chi connectivity index (χ0v) is 9.42. The predicted molar refractivity (Wildman–Crippen MR) is 55.7 cm³/mol. The molecule has 1 aromatic rings. The van der Waals surface area contributed by atoms with Gasteiger partial charge >= 0.3 is 0 Å². The van der Waals surface area contributed by atoms with Gasteiger partial charge in [-0.2, -0.15) is 0 Å². The summed E-state index contributed by atoms with van der Waals surface area (Å²) in [6, 6.07) is 0.00653. The maximum atomic E-state index is 11.8. The van der Waals surface area contributed by atoms with Crippen molar-refractivity contribution in [3.63, 3.8) is 0 Å². The summed E-state index contributed by atoms with van der Waals surface area (Å²) in [5.41, 5.74) is 0. The summed E-state index contributed by atoms with van der Waals surface area (Å²) < 4.78 is 26.2. The molecule has 0 saturated heterocycles. The molecule has 1 heterocycles. The maximum absolute atomic E-state index is 11.8. The molecule has 0 radical (unpaired) electrons. The zero-order chi connectivity index (χ0) is 10.9. The largest absolute Gasteiger partial charge is 0.335 e. The Morgan fingerprint density at radius 3 is 2.80 bits per heavy atom. The number of nitrogens with one attached hydrogen (secondary N) is 2. The molecule has 15 heavy (non-hydrogen) atoms. The number of nitrogens with zero attached hydrogens (tertiary/aromatic N) is 1. The number of aromatic nitrogens is 2. The Morgan fingerprint density at radius 2 is 2.33 bits per heavy atom. The minimum absolute atomic E-state index is 0.00653. The summed E-state index contributed by atoms with van der Waals surface area (Å²) in [5, 5.41) is 0.133. The molecule has 5 nitrogen and oxygen atoms in total. The molecule has 1 saturated carbocycles. The second-order valence-corrected chi connectivity index (χ2v) is 5.70. The number of hydrogen-bond donors (Lipinski definition) is 2. The van der Waals surface area contributed by atoms with Gasteiger partial charge in [0.25, 0.3) is 10.0 Å². The second-order valence-electron chi connectivity index (χ2n) is 4.02. The van der Waals surface area contributed by atoms with E-state index < -0.39 is 10.0 Å². The van der Waals surface area contributed by atoms with Gasteiger partial charge in [0, 0.05) is 6.04 Å². The monoisotopic (exact) mass is 229 g/mol. The van der Waals surface area contributed by atoms with Crippen LogP contribution in [0.15, 0.2) is 17.6 Å². The van der Waals surface area contributed by atoms with E-state index >= 15 is 0 Å². The van der Waals surface area contributed by atoms with Crippen LogP contribution in [-0.2, 0) is 10.0 Å². The number of rotatable bonds is 4. The van der Waals surface area contributed by atoms with Crippen LogP contribution >= 0.6 is 0 Å². The van der Waals surface area contributed by atoms with Crippen molar-refractivity contribution in [2.75, 3.05) is 0 Å². The molecule has 1 fully saturated rings. The van der Waals surface area contributed by atoms with Crippen molar-refractivity contribution < 1.29 is 8.42 Å². The zero-order valence-electron chi connectivity index (χ0n) is 8.60. The van der Waals surface area contributed by atoms with Crippen LogP contribution in [0.25, 0.3) is 0 Å². The van der Waals surface area contributed by atoms with Gasteiger partial charge in [0.2, 0.25) is 0 Å². The molecule has 0 bridgehead atoms. The Balaban J connectivity index is 2.04. The van der Waals surface area contributed by atoms with Gasteiger partial charge in [-0.25, -0.2) is 18.1 Å². The first-order valence-corrected chi connectivity index (χ1v) is 6.58. The van der Waals surface area contributed by atoms with E-state index in [0.717, 1.165) is 12.8 Å². The van der Waals surface area contributed by atoms with Gasteiger partial charge in [-0.1, -0.05) is 6.42 Å². The molecule has 1 aliphatic rings. The number of H-pyrrole nitrogens is 1. The molecule has 84 valence electrons. The number of aromatic amines is 1. The fourth-order valence-corrected chi connectivity index (χ4v) is 2.95. The van der Waals surface area contributed by atoms with Gasteiger partial charge < -0.3 is 4.98 Å². The minimum atomic E-state index is -3.41. The first kappa shape index (κ1) is 10.6. The first-order valence-electron chi connectivity index (χ1n) is 5.10. The van der Waals surface area contributed by atoms with E-state index in [1.807, 2.05) is 6.92 Å². The Labute approximate surface area is 89.4 Å². The van der Waals surface area contributed by atoms with E-state index in [4.69, 9.17) is 0 Å². The minimum Gasteiger partial charge on any atom is -0.335 e. The molecule has 1 unspecified atom stereocenters. The molecule has 1 aliphatic carbocycles. The lowest BCUT2D eigenvalue weighted by Gasteiger charge is -2.31. The smallest absolute Gasteiger partial charge is 0.257 e. The topological polar surface area (TPSA) is 74.8 Å². The third-order valence-electron chi connectivity index (χ3n) is 2.96. The molecule has 0 amide bonds. The molecule has 2 rings (SSSR count). The summed E-state index contributed by atoms with van der Waals surface area (Å²) in [6.45, 7) is 1.91. The Hall–Kier alpha value is -0.880. The number of sulfonamides is 1. The van der Waals surface area contributed by atoms with Crippen molar-refractivity contribution in [2.24, 2.45) is 5.92 Å². The van der Waals surface area contributed by atoms with Crippen molar-refractivity contribution in [3.05, 3.63) is 12.5 Å². The van der Waals surface area contributed by atoms with Crippen molar-refractivity contribution in [3.8, 4) is 0 Å². The Bertz CT molecular complexity index is 409. The molecule has 1 atom stereocenters. The van der Waals surface area contributed by atoms with Gasteiger partial charge in [0.15, 0.2) is 5.03 Å². The SMILES string of the molecule is CC(NS(=O)(=O)c1cnc[nH]1)C1CCC1. The van der Waals surface area contributed by atoms with Crippen LogP contribution in [-0.4, -0.2) is 24.4 Å². The van der Waals surface area contributed by atoms with Crippen molar-refractivity contribution in [1.82, 2.24) is 14.7 Å². The highest BCUT2D eigenvalue weighted by atomic mass is 32.2. The van der Waals surface area contributed by atoms with Crippen LogP contribution in [0, 0.1) is 5.92 Å². The van der Waals surface area contributed by atoms with Gasteiger partial charge in [0.05, 0.1) is 12.5 Å². The average Bonchev–Trinajstić information content (AvgIpc) is 2.49. The summed E-state index contributed by atoms with van der Waals surface area (Å²) in [7, 11) is -3.41. The summed E-state index contributed by atoms with van der Waals surface area (Å²) in [5.74, 6) is 0.489. The predicted octanol–water partition coefficient (Wildman–Crippen LogP) is 0.877. The molecule has 0 spiro atoms. The summed E-state index contributed by atoms with van der Waals surface area (Å²) in [4.78, 5) is 6.30. The molecular weight excluding hydrogens is 214 g/mol. The van der Waals surface area contributed by atoms with Crippen LogP contribution in [0.4, 0.5) is 0 Å². The van der Waals surface area contributed by atoms with E-state index in [1.54, 1.807) is 0 Å². The second kappa shape index (κ2) is 3.94. The maximum Gasteiger partial charge on any atom is 0.257 e. The quantitative estimate of drug-likeness (QED) is 0.804. The van der Waals surface area contributed by atoms with Gasteiger partial charge in [0.1, 0.15) is 0 Å². The Morgan fingerprint density at radius 1 is 1.60 bits per heavy atom. The highest BCUT2D eigenvalue weighted by Gasteiger charge is 2.28. The van der Waals surface area contributed by atoms with Crippen LogP contribution in [0.1, 0.15) is 26.2 Å². The third kappa shape index (κ3) is 2.21. The highest BCUT2D eigenvalue weighted by Crippen LogP contribution is 2.29. The van der Waals surface area contributed by atoms with E-state index in [2.05, 4.69) is 14.7 Å². The molecule has 0 aliphatic heterocycles. The van der Waals surface area contributed by atoms with Crippen molar-refractivity contribution >= 4 is 10.0 Å². The normalized spacial score (nSPS) is 19.8.